The first-order valence-corrected chi connectivity index (χ1v) is 6.84. The summed E-state index contributed by atoms with van der Waals surface area (Å²) in [6.45, 7) is 1.72. The Bertz CT molecular complexity index is 1000. The number of aromatic nitrogens is 1. The fourth-order valence-electron chi connectivity index (χ4n) is 2.47. The second-order valence-corrected chi connectivity index (χ2v) is 5.41. The molecule has 1 aliphatic rings. The third-order valence-electron chi connectivity index (χ3n) is 3.59. The number of nitrogens with one attached hydrogen (secondary N) is 1. The van der Waals surface area contributed by atoms with E-state index < -0.39 is 17.4 Å². The third kappa shape index (κ3) is 2.08. The molecule has 114 valence electrons. The molecule has 0 radical (unpaired) electrons. The number of nitrogens with two attached hydrogens (primary N) is 1. The highest BCUT2D eigenvalue weighted by molar-refractivity contribution is 6.31. The van der Waals surface area contributed by atoms with Crippen molar-refractivity contribution in [3.8, 4) is 11.8 Å². The Morgan fingerprint density at radius 3 is 2.57 bits per heavy atom. The lowest BCUT2D eigenvalue weighted by Crippen LogP contribution is -2.24. The van der Waals surface area contributed by atoms with Gasteiger partial charge in [-0.3, -0.25) is 24.3 Å². The Morgan fingerprint density at radius 2 is 1.91 bits per heavy atom. The number of carbonyl (C=O) groups excluding carboxylic acids is 2. The highest BCUT2D eigenvalue weighted by Gasteiger charge is 2.32. The van der Waals surface area contributed by atoms with Crippen LogP contribution in [0.3, 0.4) is 0 Å². The largest absolute Gasteiger partial charge is 0.384 e. The van der Waals surface area contributed by atoms with E-state index in [2.05, 4.69) is 5.32 Å². The molecule has 8 heteroatoms. The second kappa shape index (κ2) is 4.97. The number of nitrogen functional groups attached to an aromatic ring is 1. The molecule has 2 amide bonds. The molecule has 1 aliphatic heterocycles. The molecule has 3 N–H and O–H groups in total. The zero-order valence-corrected chi connectivity index (χ0v) is 12.6. The van der Waals surface area contributed by atoms with E-state index in [-0.39, 0.29) is 28.2 Å². The number of hydrogen-bond donors (Lipinski definition) is 2. The van der Waals surface area contributed by atoms with Gasteiger partial charge in [0, 0.05) is 11.1 Å². The molecule has 0 unspecified atom stereocenters. The summed E-state index contributed by atoms with van der Waals surface area (Å²) in [5, 5.41) is 11.7. The third-order valence-corrected chi connectivity index (χ3v) is 4.00. The van der Waals surface area contributed by atoms with Crippen LogP contribution in [0, 0.1) is 18.3 Å². The zero-order chi connectivity index (χ0) is 16.9. The number of fused-ring (bicyclic) bond motifs is 1. The smallest absolute Gasteiger partial charge is 0.262 e. The van der Waals surface area contributed by atoms with Crippen LogP contribution in [0.25, 0.3) is 5.69 Å². The molecular formula is C15H9ClN4O3. The van der Waals surface area contributed by atoms with Crippen LogP contribution in [-0.2, 0) is 0 Å². The minimum Gasteiger partial charge on any atom is -0.384 e. The number of halogens is 1. The van der Waals surface area contributed by atoms with E-state index in [1.165, 1.54) is 12.1 Å². The maximum absolute atomic E-state index is 12.4. The molecule has 2 heterocycles. The zero-order valence-electron chi connectivity index (χ0n) is 11.8. The average molecular weight is 329 g/mol. The van der Waals surface area contributed by atoms with E-state index in [9.17, 15) is 19.6 Å². The predicted molar refractivity (Wildman–Crippen MR) is 82.7 cm³/mol. The molecule has 0 saturated carbocycles. The first kappa shape index (κ1) is 14.8. The molecule has 0 atom stereocenters. The summed E-state index contributed by atoms with van der Waals surface area (Å²) in [6, 6.07) is 5.92. The number of benzene rings is 1. The minimum absolute atomic E-state index is 0.0783. The van der Waals surface area contributed by atoms with Crippen LogP contribution in [0.5, 0.6) is 0 Å². The standard InChI is InChI=1S/C15H9ClN4O3/c1-6-2-7(5-17)10(4-9(6)16)20-11(21)3-8-12(13(20)18)15(23)19-14(8)22/h2-4H,18H2,1H3,(H,19,22,23). The number of hydrogen-bond acceptors (Lipinski definition) is 5. The lowest BCUT2D eigenvalue weighted by molar-refractivity contribution is 0.0880. The number of nitriles is 1. The number of anilines is 1. The normalized spacial score (nSPS) is 12.7. The van der Waals surface area contributed by atoms with Crippen molar-refractivity contribution in [3.63, 3.8) is 0 Å². The summed E-state index contributed by atoms with van der Waals surface area (Å²) >= 11 is 6.07. The van der Waals surface area contributed by atoms with Gasteiger partial charge >= 0.3 is 0 Å². The van der Waals surface area contributed by atoms with E-state index in [0.29, 0.717) is 10.6 Å². The van der Waals surface area contributed by atoms with Crippen LogP contribution in [-0.4, -0.2) is 16.4 Å². The molecule has 0 spiro atoms. The monoisotopic (exact) mass is 328 g/mol. The van der Waals surface area contributed by atoms with Crippen molar-refractivity contribution in [2.45, 2.75) is 6.92 Å². The first-order chi connectivity index (χ1) is 10.8. The molecule has 2 aromatic rings. The van der Waals surface area contributed by atoms with Gasteiger partial charge in [0.15, 0.2) is 0 Å². The summed E-state index contributed by atoms with van der Waals surface area (Å²) < 4.78 is 1.00. The van der Waals surface area contributed by atoms with Gasteiger partial charge in [-0.15, -0.1) is 0 Å². The Balaban J connectivity index is 2.41. The van der Waals surface area contributed by atoms with Gasteiger partial charge in [0.2, 0.25) is 0 Å². The number of pyridine rings is 1. The lowest BCUT2D eigenvalue weighted by atomic mass is 10.1. The predicted octanol–water partition coefficient (Wildman–Crippen LogP) is 1.14. The number of imide groups is 1. The lowest BCUT2D eigenvalue weighted by Gasteiger charge is -2.14. The second-order valence-electron chi connectivity index (χ2n) is 5.01. The summed E-state index contributed by atoms with van der Waals surface area (Å²) in [5.41, 5.74) is 6.11. The fraction of sp³-hybridized carbons (Fsp3) is 0.0667. The van der Waals surface area contributed by atoms with E-state index in [1.807, 2.05) is 6.07 Å². The maximum Gasteiger partial charge on any atom is 0.262 e. The molecule has 0 fully saturated rings. The Labute approximate surface area is 134 Å². The van der Waals surface area contributed by atoms with Crippen molar-refractivity contribution < 1.29 is 9.59 Å². The molecule has 3 rings (SSSR count). The van der Waals surface area contributed by atoms with Crippen molar-refractivity contribution >= 4 is 29.2 Å². The molecule has 23 heavy (non-hydrogen) atoms. The molecule has 0 bridgehead atoms. The Hall–Kier alpha value is -3.11. The van der Waals surface area contributed by atoms with E-state index >= 15 is 0 Å². The van der Waals surface area contributed by atoms with Gasteiger partial charge in [-0.25, -0.2) is 0 Å². The molecule has 7 nitrogen and oxygen atoms in total. The van der Waals surface area contributed by atoms with Crippen molar-refractivity contribution in [2.24, 2.45) is 0 Å². The van der Waals surface area contributed by atoms with Gasteiger partial charge in [-0.2, -0.15) is 5.26 Å². The van der Waals surface area contributed by atoms with Crippen LogP contribution in [0.4, 0.5) is 5.82 Å². The first-order valence-electron chi connectivity index (χ1n) is 6.47. The molecular weight excluding hydrogens is 320 g/mol. The topological polar surface area (TPSA) is 118 Å². The quantitative estimate of drug-likeness (QED) is 0.761. The van der Waals surface area contributed by atoms with Gasteiger partial charge in [-0.1, -0.05) is 11.6 Å². The summed E-state index contributed by atoms with van der Waals surface area (Å²) in [7, 11) is 0. The maximum atomic E-state index is 12.4. The fourth-order valence-corrected chi connectivity index (χ4v) is 2.63. The van der Waals surface area contributed by atoms with Gasteiger partial charge in [0.05, 0.1) is 22.4 Å². The Kier molecular flexibility index (Phi) is 3.20. The SMILES string of the molecule is Cc1cc(C#N)c(-n2c(N)c3c(cc2=O)C(=O)NC3=O)cc1Cl. The van der Waals surface area contributed by atoms with Crippen molar-refractivity contribution in [2.75, 3.05) is 5.73 Å². The molecule has 0 aliphatic carbocycles. The van der Waals surface area contributed by atoms with Crippen LogP contribution < -0.4 is 16.6 Å². The van der Waals surface area contributed by atoms with Crippen molar-refractivity contribution in [3.05, 3.63) is 55.8 Å². The van der Waals surface area contributed by atoms with Gasteiger partial charge in [-0.05, 0) is 24.6 Å². The van der Waals surface area contributed by atoms with Crippen LogP contribution in [0.15, 0.2) is 23.0 Å². The number of nitrogens with zero attached hydrogens (tertiary/aromatic N) is 2. The average Bonchev–Trinajstić information content (AvgIpc) is 2.77. The van der Waals surface area contributed by atoms with Crippen LogP contribution in [0.1, 0.15) is 31.8 Å². The Morgan fingerprint density at radius 1 is 1.22 bits per heavy atom. The highest BCUT2D eigenvalue weighted by atomic mass is 35.5. The number of carbonyl (C=O) groups is 2. The van der Waals surface area contributed by atoms with E-state index in [4.69, 9.17) is 17.3 Å². The van der Waals surface area contributed by atoms with E-state index in [0.717, 1.165) is 10.6 Å². The number of amides is 2. The van der Waals surface area contributed by atoms with Crippen LogP contribution in [0.2, 0.25) is 5.02 Å². The van der Waals surface area contributed by atoms with Crippen molar-refractivity contribution in [1.29, 1.82) is 5.26 Å². The molecule has 1 aromatic heterocycles. The summed E-state index contributed by atoms with van der Waals surface area (Å²) in [5.74, 6) is -1.58. The number of rotatable bonds is 1. The van der Waals surface area contributed by atoms with Gasteiger partial charge < -0.3 is 5.73 Å². The van der Waals surface area contributed by atoms with E-state index in [1.54, 1.807) is 6.92 Å². The summed E-state index contributed by atoms with van der Waals surface area (Å²) in [4.78, 5) is 35.8. The highest BCUT2D eigenvalue weighted by Crippen LogP contribution is 2.27. The summed E-state index contributed by atoms with van der Waals surface area (Å²) in [6.07, 6.45) is 0. The molecule has 0 saturated heterocycles. The molecule has 1 aromatic carbocycles. The van der Waals surface area contributed by atoms with Crippen molar-refractivity contribution in [1.82, 2.24) is 9.88 Å². The van der Waals surface area contributed by atoms with Gasteiger partial charge in [0.25, 0.3) is 17.4 Å². The minimum atomic E-state index is -0.687. The number of aryl methyl sites for hydroxylation is 1. The van der Waals surface area contributed by atoms with Gasteiger partial charge in [0.1, 0.15) is 11.9 Å². The van der Waals surface area contributed by atoms with Crippen LogP contribution >= 0.6 is 11.6 Å².